The molecular formula is C20H17IN2O4. The first-order chi connectivity index (χ1) is 12.8. The van der Waals surface area contributed by atoms with Gasteiger partial charge >= 0.3 is 5.97 Å². The number of nitrogens with one attached hydrogen (secondary N) is 1. The molecule has 0 unspecified atom stereocenters. The fraction of sp³-hybridized carbons (Fsp3) is 0.150. The minimum atomic E-state index is -1.07. The Morgan fingerprint density at radius 3 is 2.63 bits per heavy atom. The SMILES string of the molecule is Cc1ccc(C)c(NC(=O)/C(C#N)=C/c2ccc(OCC(=O)O)c(I)c2)c1. The first kappa shape index (κ1) is 20.5. The summed E-state index contributed by atoms with van der Waals surface area (Å²) < 4.78 is 5.84. The summed E-state index contributed by atoms with van der Waals surface area (Å²) in [7, 11) is 0. The lowest BCUT2D eigenvalue weighted by Crippen LogP contribution is -2.14. The summed E-state index contributed by atoms with van der Waals surface area (Å²) in [5.74, 6) is -1.13. The second-order valence-corrected chi connectivity index (χ2v) is 6.98. The van der Waals surface area contributed by atoms with Gasteiger partial charge in [-0.05, 0) is 77.4 Å². The van der Waals surface area contributed by atoms with Crippen molar-refractivity contribution in [3.63, 3.8) is 0 Å². The van der Waals surface area contributed by atoms with E-state index in [4.69, 9.17) is 9.84 Å². The first-order valence-electron chi connectivity index (χ1n) is 7.94. The predicted octanol–water partition coefficient (Wildman–Crippen LogP) is 3.92. The van der Waals surface area contributed by atoms with Gasteiger partial charge in [-0.1, -0.05) is 18.2 Å². The predicted molar refractivity (Wildman–Crippen MR) is 110 cm³/mol. The molecular weight excluding hydrogens is 459 g/mol. The fourth-order valence-electron chi connectivity index (χ4n) is 2.24. The largest absolute Gasteiger partial charge is 0.481 e. The molecule has 2 aromatic rings. The van der Waals surface area contributed by atoms with Gasteiger partial charge in [0.15, 0.2) is 6.61 Å². The van der Waals surface area contributed by atoms with Crippen LogP contribution in [-0.4, -0.2) is 23.6 Å². The summed E-state index contributed by atoms with van der Waals surface area (Å²) in [5, 5.41) is 20.8. The number of nitriles is 1. The standard InChI is InChI=1S/C20H17IN2O4/c1-12-3-4-13(2)17(7-12)23-20(26)15(10-22)8-14-5-6-18(16(21)9-14)27-11-19(24)25/h3-9H,11H2,1-2H3,(H,23,26)(H,24,25)/b15-8+. The minimum Gasteiger partial charge on any atom is -0.481 e. The molecule has 6 nitrogen and oxygen atoms in total. The van der Waals surface area contributed by atoms with Crippen molar-refractivity contribution >= 4 is 46.2 Å². The van der Waals surface area contributed by atoms with Crippen LogP contribution in [0.4, 0.5) is 5.69 Å². The van der Waals surface area contributed by atoms with Gasteiger partial charge in [-0.15, -0.1) is 0 Å². The molecule has 1 amide bonds. The number of carbonyl (C=O) groups excluding carboxylic acids is 1. The molecule has 7 heteroatoms. The van der Waals surface area contributed by atoms with Crippen molar-refractivity contribution in [3.05, 3.63) is 62.2 Å². The number of aryl methyl sites for hydroxylation is 2. The highest BCUT2D eigenvalue weighted by molar-refractivity contribution is 14.1. The average molecular weight is 476 g/mol. The molecule has 2 N–H and O–H groups in total. The van der Waals surface area contributed by atoms with Crippen molar-refractivity contribution in [2.75, 3.05) is 11.9 Å². The molecule has 138 valence electrons. The molecule has 27 heavy (non-hydrogen) atoms. The van der Waals surface area contributed by atoms with E-state index in [1.807, 2.05) is 60.7 Å². The zero-order valence-electron chi connectivity index (χ0n) is 14.7. The molecule has 0 heterocycles. The minimum absolute atomic E-state index is 0.0362. The van der Waals surface area contributed by atoms with Crippen LogP contribution in [0, 0.1) is 28.7 Å². The number of carboxylic acid groups (broad SMARTS) is 1. The van der Waals surface area contributed by atoms with E-state index in [1.54, 1.807) is 18.2 Å². The number of carboxylic acids is 1. The van der Waals surface area contributed by atoms with E-state index in [0.29, 0.717) is 20.6 Å². The van der Waals surface area contributed by atoms with Crippen molar-refractivity contribution in [2.24, 2.45) is 0 Å². The maximum atomic E-state index is 12.4. The van der Waals surface area contributed by atoms with Gasteiger partial charge in [0.2, 0.25) is 0 Å². The highest BCUT2D eigenvalue weighted by Gasteiger charge is 2.12. The summed E-state index contributed by atoms with van der Waals surface area (Å²) >= 11 is 2.00. The van der Waals surface area contributed by atoms with Crippen molar-refractivity contribution in [1.82, 2.24) is 0 Å². The molecule has 0 radical (unpaired) electrons. The van der Waals surface area contributed by atoms with Crippen LogP contribution < -0.4 is 10.1 Å². The van der Waals surface area contributed by atoms with Crippen LogP contribution in [0.1, 0.15) is 16.7 Å². The molecule has 0 saturated carbocycles. The molecule has 0 aromatic heterocycles. The highest BCUT2D eigenvalue weighted by Crippen LogP contribution is 2.24. The number of nitrogens with zero attached hydrogens (tertiary/aromatic N) is 1. The van der Waals surface area contributed by atoms with Crippen molar-refractivity contribution in [2.45, 2.75) is 13.8 Å². The van der Waals surface area contributed by atoms with Crippen LogP contribution in [0.15, 0.2) is 42.0 Å². The average Bonchev–Trinajstić information content (AvgIpc) is 2.61. The maximum absolute atomic E-state index is 12.4. The number of halogens is 1. The summed E-state index contributed by atoms with van der Waals surface area (Å²) in [6.07, 6.45) is 1.48. The first-order valence-corrected chi connectivity index (χ1v) is 9.02. The van der Waals surface area contributed by atoms with Crippen LogP contribution >= 0.6 is 22.6 Å². The molecule has 0 fully saturated rings. The van der Waals surface area contributed by atoms with Crippen LogP contribution in [0.25, 0.3) is 6.08 Å². The smallest absolute Gasteiger partial charge is 0.341 e. The Bertz CT molecular complexity index is 961. The second-order valence-electron chi connectivity index (χ2n) is 5.81. The topological polar surface area (TPSA) is 99.4 Å². The third kappa shape index (κ3) is 5.82. The molecule has 2 aromatic carbocycles. The van der Waals surface area contributed by atoms with Crippen LogP contribution in [0.2, 0.25) is 0 Å². The number of benzene rings is 2. The lowest BCUT2D eigenvalue weighted by Gasteiger charge is -2.09. The van der Waals surface area contributed by atoms with E-state index in [9.17, 15) is 14.9 Å². The number of anilines is 1. The summed E-state index contributed by atoms with van der Waals surface area (Å²) in [5.41, 5.74) is 3.17. The van der Waals surface area contributed by atoms with Crippen molar-refractivity contribution < 1.29 is 19.4 Å². The molecule has 0 aliphatic heterocycles. The lowest BCUT2D eigenvalue weighted by atomic mass is 10.1. The second kappa shape index (κ2) is 9.19. The Morgan fingerprint density at radius 2 is 2.00 bits per heavy atom. The molecule has 0 aliphatic rings. The van der Waals surface area contributed by atoms with E-state index >= 15 is 0 Å². The molecule has 0 atom stereocenters. The number of ether oxygens (including phenoxy) is 1. The third-order valence-corrected chi connectivity index (χ3v) is 4.47. The molecule has 0 aliphatic carbocycles. The zero-order chi connectivity index (χ0) is 20.0. The Morgan fingerprint density at radius 1 is 1.26 bits per heavy atom. The van der Waals surface area contributed by atoms with Gasteiger partial charge in [0.25, 0.3) is 5.91 Å². The van der Waals surface area contributed by atoms with Crippen LogP contribution in [0.3, 0.4) is 0 Å². The van der Waals surface area contributed by atoms with Gasteiger partial charge in [0, 0.05) is 5.69 Å². The molecule has 0 bridgehead atoms. The number of aliphatic carboxylic acids is 1. The van der Waals surface area contributed by atoms with E-state index in [2.05, 4.69) is 5.32 Å². The van der Waals surface area contributed by atoms with Crippen molar-refractivity contribution in [3.8, 4) is 11.8 Å². The maximum Gasteiger partial charge on any atom is 0.341 e. The van der Waals surface area contributed by atoms with Crippen LogP contribution in [0.5, 0.6) is 5.75 Å². The Kier molecular flexibility index (Phi) is 6.96. The number of hydrogen-bond donors (Lipinski definition) is 2. The number of hydrogen-bond acceptors (Lipinski definition) is 4. The summed E-state index contributed by atoms with van der Waals surface area (Å²) in [6, 6.07) is 12.6. The van der Waals surface area contributed by atoms with Gasteiger partial charge < -0.3 is 15.2 Å². The Balaban J connectivity index is 2.21. The van der Waals surface area contributed by atoms with E-state index < -0.39 is 18.5 Å². The zero-order valence-corrected chi connectivity index (χ0v) is 16.9. The molecule has 0 saturated heterocycles. The van der Waals surface area contributed by atoms with Gasteiger partial charge in [-0.2, -0.15) is 5.26 Å². The quantitative estimate of drug-likeness (QED) is 0.374. The van der Waals surface area contributed by atoms with E-state index in [1.165, 1.54) is 6.08 Å². The van der Waals surface area contributed by atoms with Crippen LogP contribution in [-0.2, 0) is 9.59 Å². The van der Waals surface area contributed by atoms with Gasteiger partial charge in [-0.25, -0.2) is 4.79 Å². The van der Waals surface area contributed by atoms with E-state index in [0.717, 1.165) is 11.1 Å². The fourth-order valence-corrected chi connectivity index (χ4v) is 2.93. The highest BCUT2D eigenvalue weighted by atomic mass is 127. The Hall–Kier alpha value is -2.86. The van der Waals surface area contributed by atoms with Crippen molar-refractivity contribution in [1.29, 1.82) is 5.26 Å². The summed E-state index contributed by atoms with van der Waals surface area (Å²) in [6.45, 7) is 3.36. The number of carbonyl (C=O) groups is 2. The molecule has 0 spiro atoms. The van der Waals surface area contributed by atoms with Gasteiger partial charge in [-0.3, -0.25) is 4.79 Å². The number of rotatable bonds is 6. The number of amides is 1. The summed E-state index contributed by atoms with van der Waals surface area (Å²) in [4.78, 5) is 23.0. The molecule has 2 rings (SSSR count). The van der Waals surface area contributed by atoms with Gasteiger partial charge in [0.05, 0.1) is 3.57 Å². The Labute approximate surface area is 170 Å². The lowest BCUT2D eigenvalue weighted by molar-refractivity contribution is -0.139. The normalized spacial score (nSPS) is 10.8. The monoisotopic (exact) mass is 476 g/mol. The van der Waals surface area contributed by atoms with E-state index in [-0.39, 0.29) is 5.57 Å². The van der Waals surface area contributed by atoms with Gasteiger partial charge in [0.1, 0.15) is 17.4 Å². The third-order valence-electron chi connectivity index (χ3n) is 3.62.